The minimum atomic E-state index is 0.0713. The molecule has 0 aromatic heterocycles. The Labute approximate surface area is 134 Å². The fourth-order valence-electron chi connectivity index (χ4n) is 3.33. The SMILES string of the molecule is COc1ccc(C(NC(=O)CC2CCCCC2)C(C)C)cc1. The summed E-state index contributed by atoms with van der Waals surface area (Å²) in [7, 11) is 1.67. The van der Waals surface area contributed by atoms with Crippen molar-refractivity contribution in [3.05, 3.63) is 29.8 Å². The average molecular weight is 303 g/mol. The fraction of sp³-hybridized carbons (Fsp3) is 0.632. The summed E-state index contributed by atoms with van der Waals surface area (Å²) in [6.07, 6.45) is 7.00. The summed E-state index contributed by atoms with van der Waals surface area (Å²) in [6.45, 7) is 4.30. The molecule has 1 aromatic carbocycles. The van der Waals surface area contributed by atoms with E-state index in [0.717, 1.165) is 11.3 Å². The molecule has 22 heavy (non-hydrogen) atoms. The largest absolute Gasteiger partial charge is 0.497 e. The summed E-state index contributed by atoms with van der Waals surface area (Å²) in [5.41, 5.74) is 1.15. The average Bonchev–Trinajstić information content (AvgIpc) is 2.53. The van der Waals surface area contributed by atoms with Crippen LogP contribution in [0.1, 0.15) is 64.0 Å². The molecule has 1 amide bonds. The number of carbonyl (C=O) groups is 1. The maximum absolute atomic E-state index is 12.4. The number of nitrogens with one attached hydrogen (secondary N) is 1. The molecule has 1 fully saturated rings. The lowest BCUT2D eigenvalue weighted by Gasteiger charge is -2.26. The van der Waals surface area contributed by atoms with E-state index in [0.29, 0.717) is 18.3 Å². The van der Waals surface area contributed by atoms with Crippen molar-refractivity contribution in [1.82, 2.24) is 5.32 Å². The van der Waals surface area contributed by atoms with E-state index in [1.54, 1.807) is 7.11 Å². The van der Waals surface area contributed by atoms with Crippen molar-refractivity contribution >= 4 is 5.91 Å². The first-order valence-electron chi connectivity index (χ1n) is 8.53. The van der Waals surface area contributed by atoms with Crippen molar-refractivity contribution in [2.45, 2.75) is 58.4 Å². The minimum Gasteiger partial charge on any atom is -0.497 e. The summed E-state index contributed by atoms with van der Waals surface area (Å²) < 4.78 is 5.20. The third-order valence-corrected chi connectivity index (χ3v) is 4.66. The van der Waals surface area contributed by atoms with Crippen molar-refractivity contribution in [2.24, 2.45) is 11.8 Å². The Bertz CT molecular complexity index is 461. The van der Waals surface area contributed by atoms with Crippen LogP contribution in [0.25, 0.3) is 0 Å². The van der Waals surface area contributed by atoms with Crippen LogP contribution in [0.3, 0.4) is 0 Å². The van der Waals surface area contributed by atoms with Gasteiger partial charge in [-0.1, -0.05) is 45.2 Å². The molecule has 1 aliphatic rings. The quantitative estimate of drug-likeness (QED) is 0.841. The number of hydrogen-bond donors (Lipinski definition) is 1. The van der Waals surface area contributed by atoms with Gasteiger partial charge in [-0.25, -0.2) is 0 Å². The lowest BCUT2D eigenvalue weighted by Crippen LogP contribution is -2.33. The molecule has 0 bridgehead atoms. The highest BCUT2D eigenvalue weighted by Crippen LogP contribution is 2.28. The zero-order chi connectivity index (χ0) is 15.9. The van der Waals surface area contributed by atoms with Gasteiger partial charge in [-0.3, -0.25) is 4.79 Å². The molecule has 3 heteroatoms. The predicted molar refractivity (Wildman–Crippen MR) is 89.9 cm³/mol. The third-order valence-electron chi connectivity index (χ3n) is 4.66. The van der Waals surface area contributed by atoms with Gasteiger partial charge in [-0.05, 0) is 42.4 Å². The van der Waals surface area contributed by atoms with E-state index in [9.17, 15) is 4.79 Å². The molecular weight excluding hydrogens is 274 g/mol. The molecule has 1 aromatic rings. The molecule has 0 heterocycles. The van der Waals surface area contributed by atoms with Crippen molar-refractivity contribution in [3.63, 3.8) is 0 Å². The summed E-state index contributed by atoms with van der Waals surface area (Å²) in [4.78, 5) is 12.4. The van der Waals surface area contributed by atoms with Gasteiger partial charge in [0.05, 0.1) is 13.2 Å². The Morgan fingerprint density at radius 2 is 1.82 bits per heavy atom. The minimum absolute atomic E-state index is 0.0713. The Balaban J connectivity index is 1.96. The first-order valence-corrected chi connectivity index (χ1v) is 8.53. The molecule has 2 rings (SSSR count). The number of carbonyl (C=O) groups excluding carboxylic acids is 1. The van der Waals surface area contributed by atoms with Gasteiger partial charge >= 0.3 is 0 Å². The normalized spacial score (nSPS) is 17.3. The number of methoxy groups -OCH3 is 1. The van der Waals surface area contributed by atoms with Gasteiger partial charge in [0, 0.05) is 6.42 Å². The van der Waals surface area contributed by atoms with Crippen LogP contribution in [0.15, 0.2) is 24.3 Å². The van der Waals surface area contributed by atoms with Crippen molar-refractivity contribution in [2.75, 3.05) is 7.11 Å². The maximum Gasteiger partial charge on any atom is 0.220 e. The second-order valence-corrected chi connectivity index (χ2v) is 6.77. The highest BCUT2D eigenvalue weighted by molar-refractivity contribution is 5.76. The smallest absolute Gasteiger partial charge is 0.220 e. The van der Waals surface area contributed by atoms with Crippen molar-refractivity contribution < 1.29 is 9.53 Å². The molecule has 3 nitrogen and oxygen atoms in total. The van der Waals surface area contributed by atoms with E-state index in [4.69, 9.17) is 4.74 Å². The number of benzene rings is 1. The number of amides is 1. The molecule has 0 radical (unpaired) electrons. The molecule has 0 saturated heterocycles. The van der Waals surface area contributed by atoms with Gasteiger partial charge in [-0.15, -0.1) is 0 Å². The molecule has 122 valence electrons. The Morgan fingerprint density at radius 1 is 1.18 bits per heavy atom. The molecule has 1 aliphatic carbocycles. The molecule has 0 spiro atoms. The van der Waals surface area contributed by atoms with Crippen LogP contribution in [-0.4, -0.2) is 13.0 Å². The Kier molecular flexibility index (Phi) is 6.29. The molecule has 1 saturated carbocycles. The predicted octanol–water partition coefficient (Wildman–Crippen LogP) is 4.48. The zero-order valence-electron chi connectivity index (χ0n) is 14.1. The molecule has 1 unspecified atom stereocenters. The van der Waals surface area contributed by atoms with Gasteiger partial charge in [0.1, 0.15) is 5.75 Å². The highest BCUT2D eigenvalue weighted by atomic mass is 16.5. The van der Waals surface area contributed by atoms with Gasteiger partial charge < -0.3 is 10.1 Å². The standard InChI is InChI=1S/C19H29NO2/c1-14(2)19(16-9-11-17(22-3)12-10-16)20-18(21)13-15-7-5-4-6-8-15/h9-12,14-15,19H,4-8,13H2,1-3H3,(H,20,21). The first kappa shape index (κ1) is 16.9. The second kappa shape index (κ2) is 8.21. The fourth-order valence-corrected chi connectivity index (χ4v) is 3.33. The number of ether oxygens (including phenoxy) is 1. The third kappa shape index (κ3) is 4.75. The van der Waals surface area contributed by atoms with Crippen molar-refractivity contribution in [3.8, 4) is 5.75 Å². The lowest BCUT2D eigenvalue weighted by atomic mass is 9.86. The monoisotopic (exact) mass is 303 g/mol. The van der Waals surface area contributed by atoms with Crippen LogP contribution in [0.2, 0.25) is 0 Å². The summed E-state index contributed by atoms with van der Waals surface area (Å²) >= 11 is 0. The van der Waals surface area contributed by atoms with Gasteiger partial charge in [0.25, 0.3) is 0 Å². The summed E-state index contributed by atoms with van der Waals surface area (Å²) in [6, 6.07) is 8.08. The summed E-state index contributed by atoms with van der Waals surface area (Å²) in [5, 5.41) is 3.24. The summed E-state index contributed by atoms with van der Waals surface area (Å²) in [5.74, 6) is 1.99. The van der Waals surface area contributed by atoms with Crippen LogP contribution in [0.4, 0.5) is 0 Å². The van der Waals surface area contributed by atoms with E-state index >= 15 is 0 Å². The van der Waals surface area contributed by atoms with E-state index < -0.39 is 0 Å². The van der Waals surface area contributed by atoms with E-state index in [1.165, 1.54) is 32.1 Å². The molecule has 0 aliphatic heterocycles. The lowest BCUT2D eigenvalue weighted by molar-refractivity contribution is -0.123. The Morgan fingerprint density at radius 3 is 2.36 bits per heavy atom. The van der Waals surface area contributed by atoms with Crippen LogP contribution >= 0.6 is 0 Å². The van der Waals surface area contributed by atoms with E-state index in [-0.39, 0.29) is 11.9 Å². The first-order chi connectivity index (χ1) is 10.6. The molecular formula is C19H29NO2. The van der Waals surface area contributed by atoms with Crippen LogP contribution in [0.5, 0.6) is 5.75 Å². The second-order valence-electron chi connectivity index (χ2n) is 6.77. The van der Waals surface area contributed by atoms with Gasteiger partial charge in [0.2, 0.25) is 5.91 Å². The van der Waals surface area contributed by atoms with Gasteiger partial charge in [0.15, 0.2) is 0 Å². The van der Waals surface area contributed by atoms with E-state index in [1.807, 2.05) is 24.3 Å². The topological polar surface area (TPSA) is 38.3 Å². The number of rotatable bonds is 6. The zero-order valence-corrected chi connectivity index (χ0v) is 14.1. The van der Waals surface area contributed by atoms with Gasteiger partial charge in [-0.2, -0.15) is 0 Å². The van der Waals surface area contributed by atoms with Crippen molar-refractivity contribution in [1.29, 1.82) is 0 Å². The Hall–Kier alpha value is -1.51. The van der Waals surface area contributed by atoms with Crippen LogP contribution < -0.4 is 10.1 Å². The number of hydrogen-bond acceptors (Lipinski definition) is 2. The molecule has 1 atom stereocenters. The highest BCUT2D eigenvalue weighted by Gasteiger charge is 2.21. The van der Waals surface area contributed by atoms with Crippen LogP contribution in [-0.2, 0) is 4.79 Å². The van der Waals surface area contributed by atoms with Crippen LogP contribution in [0, 0.1) is 11.8 Å². The molecule has 1 N–H and O–H groups in total. The maximum atomic E-state index is 12.4. The van der Waals surface area contributed by atoms with E-state index in [2.05, 4.69) is 19.2 Å².